The van der Waals surface area contributed by atoms with Crippen LogP contribution in [-0.4, -0.2) is 23.0 Å². The third-order valence-corrected chi connectivity index (χ3v) is 4.23. The first-order valence-corrected chi connectivity index (χ1v) is 7.44. The van der Waals surface area contributed by atoms with Crippen molar-refractivity contribution in [3.05, 3.63) is 70.2 Å². The lowest BCUT2D eigenvalue weighted by Gasteiger charge is -2.38. The van der Waals surface area contributed by atoms with Gasteiger partial charge in [-0.15, -0.1) is 0 Å². The molecule has 0 radical (unpaired) electrons. The van der Waals surface area contributed by atoms with Crippen molar-refractivity contribution >= 4 is 17.5 Å². The molecule has 1 atom stereocenters. The zero-order valence-electron chi connectivity index (χ0n) is 12.0. The number of hydrogen-bond donors (Lipinski definition) is 0. The lowest BCUT2D eigenvalue weighted by molar-refractivity contribution is -0.179. The molecule has 120 valence electrons. The van der Waals surface area contributed by atoms with Crippen molar-refractivity contribution in [1.82, 2.24) is 4.90 Å². The maximum Gasteiger partial charge on any atom is 0.409 e. The Morgan fingerprint density at radius 2 is 1.65 bits per heavy atom. The molecule has 1 heterocycles. The van der Waals surface area contributed by atoms with Crippen molar-refractivity contribution in [2.45, 2.75) is 25.2 Å². The summed E-state index contributed by atoms with van der Waals surface area (Å²) >= 11 is 5.77. The van der Waals surface area contributed by atoms with Crippen molar-refractivity contribution in [1.29, 1.82) is 0 Å². The average Bonchev–Trinajstić information content (AvgIpc) is 2.53. The number of carbonyl (C=O) groups excluding carboxylic acids is 1. The number of alkyl halides is 3. The predicted octanol–water partition coefficient (Wildman–Crippen LogP) is 4.47. The Morgan fingerprint density at radius 3 is 2.26 bits per heavy atom. The number of amides is 1. The number of fused-ring (bicyclic) bond motifs is 1. The average molecular weight is 340 g/mol. The Morgan fingerprint density at radius 1 is 1.04 bits per heavy atom. The molecular weight excluding hydrogens is 327 g/mol. The minimum absolute atomic E-state index is 0.0538. The van der Waals surface area contributed by atoms with Crippen LogP contribution in [0.2, 0.25) is 5.02 Å². The Labute approximate surface area is 136 Å². The van der Waals surface area contributed by atoms with Gasteiger partial charge in [0.2, 0.25) is 0 Å². The van der Waals surface area contributed by atoms with Crippen LogP contribution >= 0.6 is 11.6 Å². The SMILES string of the molecule is O=C(c1ccc(Cl)cc1)N1Cc2ccccc2CC1C(F)(F)F. The lowest BCUT2D eigenvalue weighted by atomic mass is 9.93. The van der Waals surface area contributed by atoms with Gasteiger partial charge < -0.3 is 4.90 Å². The molecule has 0 spiro atoms. The van der Waals surface area contributed by atoms with Gasteiger partial charge in [-0.3, -0.25) is 4.79 Å². The second-order valence-electron chi connectivity index (χ2n) is 5.47. The molecule has 0 fully saturated rings. The second-order valence-corrected chi connectivity index (χ2v) is 5.91. The fourth-order valence-corrected chi connectivity index (χ4v) is 2.91. The summed E-state index contributed by atoms with van der Waals surface area (Å²) in [5.41, 5.74) is 1.58. The number of carbonyl (C=O) groups is 1. The van der Waals surface area contributed by atoms with E-state index in [-0.39, 0.29) is 18.5 Å². The summed E-state index contributed by atoms with van der Waals surface area (Å²) in [5.74, 6) is -0.640. The molecule has 3 rings (SSSR count). The first-order chi connectivity index (χ1) is 10.9. The van der Waals surface area contributed by atoms with Gasteiger partial charge in [0.15, 0.2) is 0 Å². The molecule has 0 N–H and O–H groups in total. The topological polar surface area (TPSA) is 20.3 Å². The van der Waals surface area contributed by atoms with Gasteiger partial charge in [0.05, 0.1) is 0 Å². The van der Waals surface area contributed by atoms with Crippen LogP contribution in [0, 0.1) is 0 Å². The van der Waals surface area contributed by atoms with Gasteiger partial charge in [0.1, 0.15) is 6.04 Å². The summed E-state index contributed by atoms with van der Waals surface area (Å²) in [6, 6.07) is 11.0. The van der Waals surface area contributed by atoms with Crippen LogP contribution in [-0.2, 0) is 13.0 Å². The van der Waals surface area contributed by atoms with Crippen molar-refractivity contribution < 1.29 is 18.0 Å². The van der Waals surface area contributed by atoms with E-state index in [1.54, 1.807) is 24.3 Å². The normalized spacial score (nSPS) is 17.7. The van der Waals surface area contributed by atoms with Crippen LogP contribution in [0.25, 0.3) is 0 Å². The fourth-order valence-electron chi connectivity index (χ4n) is 2.79. The van der Waals surface area contributed by atoms with E-state index >= 15 is 0 Å². The summed E-state index contributed by atoms with van der Waals surface area (Å²) in [4.78, 5) is 13.5. The highest BCUT2D eigenvalue weighted by Gasteiger charge is 2.47. The van der Waals surface area contributed by atoms with E-state index in [4.69, 9.17) is 11.6 Å². The largest absolute Gasteiger partial charge is 0.409 e. The molecular formula is C17H13ClF3NO. The van der Waals surface area contributed by atoms with Gasteiger partial charge in [0, 0.05) is 23.6 Å². The summed E-state index contributed by atoms with van der Waals surface area (Å²) in [5, 5.41) is 0.429. The Kier molecular flexibility index (Phi) is 4.06. The molecule has 1 amide bonds. The fraction of sp³-hybridized carbons (Fsp3) is 0.235. The van der Waals surface area contributed by atoms with E-state index in [1.165, 1.54) is 24.3 Å². The molecule has 6 heteroatoms. The van der Waals surface area contributed by atoms with Crippen molar-refractivity contribution in [3.8, 4) is 0 Å². The second kappa shape index (κ2) is 5.89. The van der Waals surface area contributed by atoms with Crippen LogP contribution in [0.15, 0.2) is 48.5 Å². The van der Waals surface area contributed by atoms with E-state index in [0.717, 1.165) is 10.5 Å². The van der Waals surface area contributed by atoms with Gasteiger partial charge in [-0.2, -0.15) is 13.2 Å². The summed E-state index contributed by atoms with van der Waals surface area (Å²) in [6.45, 7) is -0.0538. The number of benzene rings is 2. The summed E-state index contributed by atoms with van der Waals surface area (Å²) < 4.78 is 40.2. The first-order valence-electron chi connectivity index (χ1n) is 7.06. The molecule has 2 aromatic rings. The molecule has 0 aromatic heterocycles. The monoisotopic (exact) mass is 339 g/mol. The van der Waals surface area contributed by atoms with Crippen LogP contribution in [0.3, 0.4) is 0 Å². The molecule has 0 saturated heterocycles. The van der Waals surface area contributed by atoms with E-state index in [9.17, 15) is 18.0 Å². The molecule has 23 heavy (non-hydrogen) atoms. The number of hydrogen-bond acceptors (Lipinski definition) is 1. The Hall–Kier alpha value is -2.01. The molecule has 2 nitrogen and oxygen atoms in total. The standard InChI is InChI=1S/C17H13ClF3NO/c18-14-7-5-11(6-8-14)16(23)22-10-13-4-2-1-3-12(13)9-15(22)17(19,20)21/h1-8,15H,9-10H2. The Bertz CT molecular complexity index is 727. The minimum atomic E-state index is -4.48. The van der Waals surface area contributed by atoms with Crippen molar-refractivity contribution in [2.24, 2.45) is 0 Å². The molecule has 0 bridgehead atoms. The van der Waals surface area contributed by atoms with Gasteiger partial charge in [0.25, 0.3) is 5.91 Å². The van der Waals surface area contributed by atoms with Crippen molar-refractivity contribution in [3.63, 3.8) is 0 Å². The van der Waals surface area contributed by atoms with Crippen molar-refractivity contribution in [2.75, 3.05) is 0 Å². The molecule has 1 aliphatic heterocycles. The molecule has 0 aliphatic carbocycles. The highest BCUT2D eigenvalue weighted by molar-refractivity contribution is 6.30. The number of nitrogens with zero attached hydrogens (tertiary/aromatic N) is 1. The van der Waals surface area contributed by atoms with Gasteiger partial charge in [-0.25, -0.2) is 0 Å². The van der Waals surface area contributed by atoms with E-state index in [0.29, 0.717) is 10.6 Å². The molecule has 1 aliphatic rings. The minimum Gasteiger partial charge on any atom is -0.322 e. The lowest BCUT2D eigenvalue weighted by Crippen LogP contribution is -2.52. The Balaban J connectivity index is 1.97. The highest BCUT2D eigenvalue weighted by atomic mass is 35.5. The number of halogens is 4. The van der Waals surface area contributed by atoms with Crippen LogP contribution in [0.4, 0.5) is 13.2 Å². The summed E-state index contributed by atoms with van der Waals surface area (Å²) in [7, 11) is 0. The maximum atomic E-state index is 13.4. The van der Waals surface area contributed by atoms with E-state index in [2.05, 4.69) is 0 Å². The quantitative estimate of drug-likeness (QED) is 0.750. The predicted molar refractivity (Wildman–Crippen MR) is 81.3 cm³/mol. The highest BCUT2D eigenvalue weighted by Crippen LogP contribution is 2.34. The molecule has 2 aromatic carbocycles. The first kappa shape index (κ1) is 15.9. The molecule has 0 saturated carbocycles. The van der Waals surface area contributed by atoms with Crippen LogP contribution in [0.5, 0.6) is 0 Å². The third kappa shape index (κ3) is 3.20. The zero-order valence-corrected chi connectivity index (χ0v) is 12.7. The van der Waals surface area contributed by atoms with Gasteiger partial charge in [-0.05, 0) is 35.4 Å². The smallest absolute Gasteiger partial charge is 0.322 e. The summed E-state index contributed by atoms with van der Waals surface area (Å²) in [6.07, 6.45) is -4.70. The molecule has 1 unspecified atom stereocenters. The third-order valence-electron chi connectivity index (χ3n) is 3.98. The van der Waals surface area contributed by atoms with Crippen LogP contribution < -0.4 is 0 Å². The number of rotatable bonds is 1. The van der Waals surface area contributed by atoms with E-state index in [1.807, 2.05) is 0 Å². The zero-order chi connectivity index (χ0) is 16.6. The van der Waals surface area contributed by atoms with Crippen LogP contribution in [0.1, 0.15) is 21.5 Å². The maximum absolute atomic E-state index is 13.4. The van der Waals surface area contributed by atoms with Gasteiger partial charge in [-0.1, -0.05) is 35.9 Å². The van der Waals surface area contributed by atoms with Gasteiger partial charge >= 0.3 is 6.18 Å². The van der Waals surface area contributed by atoms with E-state index < -0.39 is 18.1 Å².